The first-order chi connectivity index (χ1) is 14.3. The fourth-order valence-corrected chi connectivity index (χ4v) is 3.48. The molecule has 1 aromatic carbocycles. The van der Waals surface area contributed by atoms with E-state index in [9.17, 15) is 14.4 Å². The monoisotopic (exact) mass is 407 g/mol. The number of carboxylic acid groups (broad SMARTS) is 2. The summed E-state index contributed by atoms with van der Waals surface area (Å²) >= 11 is 0. The Balaban J connectivity index is 0.000000275. The van der Waals surface area contributed by atoms with Crippen LogP contribution in [-0.4, -0.2) is 42.5 Å². The van der Waals surface area contributed by atoms with Crippen LogP contribution < -0.4 is 0 Å². The Labute approximate surface area is 172 Å². The van der Waals surface area contributed by atoms with Crippen molar-refractivity contribution >= 4 is 34.7 Å². The van der Waals surface area contributed by atoms with Gasteiger partial charge in [0.05, 0.1) is 17.6 Å². The zero-order chi connectivity index (χ0) is 21.8. The molecule has 3 aromatic rings. The molecule has 0 aliphatic heterocycles. The third-order valence-electron chi connectivity index (χ3n) is 4.93. The van der Waals surface area contributed by atoms with E-state index in [0.717, 1.165) is 52.0 Å². The Morgan fingerprint density at radius 3 is 2.40 bits per heavy atom. The molecule has 4 rings (SSSR count). The van der Waals surface area contributed by atoms with Crippen LogP contribution >= 0.6 is 0 Å². The molecule has 1 aliphatic carbocycles. The van der Waals surface area contributed by atoms with E-state index in [1.807, 2.05) is 38.2 Å². The molecule has 0 saturated carbocycles. The molecule has 0 bridgehead atoms. The molecule has 0 atom stereocenters. The number of H-pyrrole nitrogens is 1. The zero-order valence-electron chi connectivity index (χ0n) is 16.5. The quantitative estimate of drug-likeness (QED) is 0.573. The lowest BCUT2D eigenvalue weighted by atomic mass is 9.89. The van der Waals surface area contributed by atoms with E-state index in [-0.39, 0.29) is 5.78 Å². The van der Waals surface area contributed by atoms with Crippen LogP contribution in [0, 0.1) is 6.92 Å². The van der Waals surface area contributed by atoms with Crippen molar-refractivity contribution in [2.24, 2.45) is 7.05 Å². The number of ketones is 1. The Hall–Kier alpha value is -3.94. The zero-order valence-corrected chi connectivity index (χ0v) is 16.5. The highest BCUT2D eigenvalue weighted by Crippen LogP contribution is 2.34. The van der Waals surface area contributed by atoms with Crippen molar-refractivity contribution < 1.29 is 24.6 Å². The van der Waals surface area contributed by atoms with Crippen LogP contribution in [0.2, 0.25) is 0 Å². The molecule has 0 saturated heterocycles. The van der Waals surface area contributed by atoms with Crippen LogP contribution in [0.25, 0.3) is 17.0 Å². The predicted molar refractivity (Wildman–Crippen MR) is 111 cm³/mol. The van der Waals surface area contributed by atoms with Gasteiger partial charge in [0.2, 0.25) is 0 Å². The number of hydrogen-bond acceptors (Lipinski definition) is 4. The van der Waals surface area contributed by atoms with Gasteiger partial charge in [0.1, 0.15) is 0 Å². The number of aliphatic carboxylic acids is 2. The summed E-state index contributed by atoms with van der Waals surface area (Å²) in [6, 6.07) is 8.12. The summed E-state index contributed by atoms with van der Waals surface area (Å²) in [5.41, 5.74) is 5.82. The molecule has 0 unspecified atom stereocenters. The van der Waals surface area contributed by atoms with Crippen molar-refractivity contribution in [1.82, 2.24) is 14.5 Å². The lowest BCUT2D eigenvalue weighted by molar-refractivity contribution is -0.134. The summed E-state index contributed by atoms with van der Waals surface area (Å²) in [4.78, 5) is 39.4. The maximum atomic E-state index is 13.0. The van der Waals surface area contributed by atoms with E-state index in [1.165, 1.54) is 0 Å². The van der Waals surface area contributed by atoms with Gasteiger partial charge in [0.25, 0.3) is 0 Å². The number of hydrogen-bond donors (Lipinski definition) is 3. The molecule has 30 heavy (non-hydrogen) atoms. The fraction of sp³-hybridized carbons (Fsp3) is 0.182. The maximum Gasteiger partial charge on any atom is 0.328 e. The number of fused-ring (bicyclic) bond motifs is 3. The first-order valence-electron chi connectivity index (χ1n) is 9.25. The molecule has 0 spiro atoms. The lowest BCUT2D eigenvalue weighted by Crippen LogP contribution is -2.15. The summed E-state index contributed by atoms with van der Waals surface area (Å²) in [6.45, 7) is 1.97. The Morgan fingerprint density at radius 1 is 1.13 bits per heavy atom. The maximum absolute atomic E-state index is 13.0. The second-order valence-corrected chi connectivity index (χ2v) is 6.82. The van der Waals surface area contributed by atoms with Gasteiger partial charge in [-0.25, -0.2) is 14.6 Å². The van der Waals surface area contributed by atoms with E-state index in [4.69, 9.17) is 10.2 Å². The fourth-order valence-electron chi connectivity index (χ4n) is 3.48. The summed E-state index contributed by atoms with van der Waals surface area (Å²) < 4.78 is 2.15. The number of carboxylic acids is 2. The van der Waals surface area contributed by atoms with E-state index in [1.54, 1.807) is 6.33 Å². The van der Waals surface area contributed by atoms with Gasteiger partial charge in [-0.1, -0.05) is 18.2 Å². The molecule has 1 aliphatic rings. The summed E-state index contributed by atoms with van der Waals surface area (Å²) in [6.07, 6.45) is 6.37. The molecular weight excluding hydrogens is 386 g/mol. The number of nitrogens with one attached hydrogen (secondary N) is 1. The highest BCUT2D eigenvalue weighted by molar-refractivity contribution is 6.20. The minimum absolute atomic E-state index is 0.139. The van der Waals surface area contributed by atoms with Crippen LogP contribution in [0.5, 0.6) is 0 Å². The molecule has 8 heteroatoms. The average Bonchev–Trinajstić information content (AvgIpc) is 3.24. The number of allylic oxidation sites excluding steroid dienone is 1. The predicted octanol–water partition coefficient (Wildman–Crippen LogP) is 3.13. The number of aryl methyl sites for hydroxylation is 2. The number of aromatic amines is 1. The van der Waals surface area contributed by atoms with E-state index in [2.05, 4.69) is 20.6 Å². The van der Waals surface area contributed by atoms with Crippen molar-refractivity contribution in [2.75, 3.05) is 0 Å². The number of imidazole rings is 1. The smallest absolute Gasteiger partial charge is 0.328 e. The topological polar surface area (TPSA) is 125 Å². The standard InChI is InChI=1S/C18H17N3O.C4H4O4/c1-11-14(20-10-19-11)9-12-7-8-16-17(18(12)22)13-5-3-4-6-15(13)21(16)2;5-3(6)1-2-4(7)8/h3-6,9-10H,7-8H2,1-2H3,(H,19,20);1-2H,(H,5,6)(H,7,8)/b12-9+;2-1-. The molecule has 2 aromatic heterocycles. The molecule has 0 amide bonds. The summed E-state index contributed by atoms with van der Waals surface area (Å²) in [5.74, 6) is -2.37. The van der Waals surface area contributed by atoms with Gasteiger partial charge in [-0.15, -0.1) is 0 Å². The average molecular weight is 407 g/mol. The first kappa shape index (κ1) is 20.8. The summed E-state index contributed by atoms with van der Waals surface area (Å²) in [5, 5.41) is 16.7. The summed E-state index contributed by atoms with van der Waals surface area (Å²) in [7, 11) is 2.04. The molecule has 8 nitrogen and oxygen atoms in total. The second-order valence-electron chi connectivity index (χ2n) is 6.82. The van der Waals surface area contributed by atoms with Gasteiger partial charge in [-0.2, -0.15) is 0 Å². The Morgan fingerprint density at radius 2 is 1.80 bits per heavy atom. The molecule has 3 N–H and O–H groups in total. The lowest BCUT2D eigenvalue weighted by Gasteiger charge is -2.15. The Bertz CT molecular complexity index is 1180. The van der Waals surface area contributed by atoms with Crippen molar-refractivity contribution in [3.05, 3.63) is 71.0 Å². The number of rotatable bonds is 3. The molecule has 154 valence electrons. The second kappa shape index (κ2) is 8.60. The van der Waals surface area contributed by atoms with Crippen LogP contribution in [-0.2, 0) is 23.1 Å². The van der Waals surface area contributed by atoms with Crippen LogP contribution in [0.3, 0.4) is 0 Å². The number of nitrogens with zero attached hydrogens (tertiary/aromatic N) is 2. The van der Waals surface area contributed by atoms with Crippen molar-refractivity contribution in [2.45, 2.75) is 19.8 Å². The number of carbonyl (C=O) groups is 3. The number of Topliss-reactive ketones (excluding diaryl/α,β-unsaturated/α-hetero) is 1. The van der Waals surface area contributed by atoms with Gasteiger partial charge in [-0.3, -0.25) is 4.79 Å². The third kappa shape index (κ3) is 4.22. The highest BCUT2D eigenvalue weighted by atomic mass is 16.4. The minimum Gasteiger partial charge on any atom is -0.478 e. The van der Waals surface area contributed by atoms with Crippen LogP contribution in [0.4, 0.5) is 0 Å². The number of benzene rings is 1. The van der Waals surface area contributed by atoms with Gasteiger partial charge >= 0.3 is 11.9 Å². The van der Waals surface area contributed by atoms with Crippen molar-refractivity contribution in [3.63, 3.8) is 0 Å². The van der Waals surface area contributed by atoms with Crippen LogP contribution in [0.1, 0.15) is 33.9 Å². The van der Waals surface area contributed by atoms with Crippen molar-refractivity contribution in [3.8, 4) is 0 Å². The van der Waals surface area contributed by atoms with E-state index < -0.39 is 11.9 Å². The number of para-hydroxylation sites is 1. The third-order valence-corrected chi connectivity index (χ3v) is 4.93. The van der Waals surface area contributed by atoms with Crippen molar-refractivity contribution in [1.29, 1.82) is 0 Å². The molecular formula is C22H21N3O5. The highest BCUT2D eigenvalue weighted by Gasteiger charge is 2.28. The molecule has 0 fully saturated rings. The van der Waals surface area contributed by atoms with Gasteiger partial charge in [0.15, 0.2) is 5.78 Å². The van der Waals surface area contributed by atoms with Gasteiger partial charge in [-0.05, 0) is 31.9 Å². The molecule has 2 heterocycles. The Kier molecular flexibility index (Phi) is 5.96. The van der Waals surface area contributed by atoms with E-state index in [0.29, 0.717) is 12.2 Å². The first-order valence-corrected chi connectivity index (χ1v) is 9.25. The molecule has 0 radical (unpaired) electrons. The normalized spacial score (nSPS) is 14.6. The minimum atomic E-state index is -1.26. The van der Waals surface area contributed by atoms with Gasteiger partial charge in [0, 0.05) is 47.1 Å². The van der Waals surface area contributed by atoms with Gasteiger partial charge < -0.3 is 19.8 Å². The largest absolute Gasteiger partial charge is 0.478 e. The van der Waals surface area contributed by atoms with Crippen LogP contribution in [0.15, 0.2) is 48.3 Å². The SMILES string of the molecule is Cc1[nH]cnc1/C=C1\CCc2c(c3ccccc3n2C)C1=O.O=C(O)/C=C\C(=O)O. The van der Waals surface area contributed by atoms with E-state index >= 15 is 0 Å². The number of carbonyl (C=O) groups excluding carboxylic acids is 1. The number of aromatic nitrogens is 3.